The number of rotatable bonds is 2. The molecule has 2 heterocycles. The van der Waals surface area contributed by atoms with E-state index in [0.29, 0.717) is 11.6 Å². The molecule has 1 atom stereocenters. The van der Waals surface area contributed by atoms with Crippen LogP contribution in [0, 0.1) is 0 Å². The third kappa shape index (κ3) is 1.85. The Bertz CT molecular complexity index is 595. The Morgan fingerprint density at radius 3 is 3.12 bits per heavy atom. The average Bonchev–Trinajstić information content (AvgIpc) is 2.93. The van der Waals surface area contributed by atoms with Crippen molar-refractivity contribution in [2.24, 2.45) is 0 Å². The molecule has 0 spiro atoms. The molecule has 17 heavy (non-hydrogen) atoms. The predicted molar refractivity (Wildman–Crippen MR) is 66.9 cm³/mol. The number of ether oxygens (including phenoxy) is 1. The number of hydrogen-bond donors (Lipinski definition) is 1. The molecule has 1 aromatic carbocycles. The number of methoxy groups -OCH3 is 1. The molecular weight excluding hydrogens is 238 g/mol. The normalized spacial score (nSPS) is 19.9. The van der Waals surface area contributed by atoms with E-state index < -0.39 is 0 Å². The smallest absolute Gasteiger partial charge is 0.396 e. The number of benzene rings is 1. The van der Waals surface area contributed by atoms with Crippen LogP contribution in [0.4, 0.5) is 0 Å². The summed E-state index contributed by atoms with van der Waals surface area (Å²) < 4.78 is 11.4. The van der Waals surface area contributed by atoms with Crippen molar-refractivity contribution in [1.29, 1.82) is 0 Å². The second-order valence-electron chi connectivity index (χ2n) is 4.14. The van der Waals surface area contributed by atoms with Crippen molar-refractivity contribution in [2.45, 2.75) is 18.9 Å². The van der Waals surface area contributed by atoms with Gasteiger partial charge in [0.15, 0.2) is 0 Å². The van der Waals surface area contributed by atoms with Gasteiger partial charge in [-0.05, 0) is 25.5 Å². The van der Waals surface area contributed by atoms with Gasteiger partial charge in [0, 0.05) is 17.7 Å². The van der Waals surface area contributed by atoms with Crippen molar-refractivity contribution in [3.8, 4) is 5.75 Å². The zero-order valence-corrected chi connectivity index (χ0v) is 10.3. The maximum Gasteiger partial charge on any atom is 0.396 e. The van der Waals surface area contributed by atoms with E-state index in [1.54, 1.807) is 7.11 Å². The van der Waals surface area contributed by atoms with Crippen LogP contribution in [-0.4, -0.2) is 13.7 Å². The lowest BCUT2D eigenvalue weighted by molar-refractivity contribution is 0.404. The summed E-state index contributed by atoms with van der Waals surface area (Å²) in [5.41, 5.74) is 1.74. The molecule has 0 aliphatic carbocycles. The minimum absolute atomic E-state index is 0.265. The fourth-order valence-corrected chi connectivity index (χ4v) is 2.99. The zero-order valence-electron chi connectivity index (χ0n) is 9.49. The highest BCUT2D eigenvalue weighted by molar-refractivity contribution is 7.16. The molecule has 1 aromatic heterocycles. The first-order chi connectivity index (χ1) is 8.28. The fraction of sp³-hybridized carbons (Fsp3) is 0.417. The lowest BCUT2D eigenvalue weighted by Crippen LogP contribution is -2.13. The van der Waals surface area contributed by atoms with Gasteiger partial charge in [0.2, 0.25) is 0 Å². The Morgan fingerprint density at radius 1 is 1.53 bits per heavy atom. The van der Waals surface area contributed by atoms with Gasteiger partial charge in [-0.3, -0.25) is 0 Å². The van der Waals surface area contributed by atoms with E-state index in [1.165, 1.54) is 6.42 Å². The molecule has 1 aliphatic rings. The quantitative estimate of drug-likeness (QED) is 0.889. The highest BCUT2D eigenvalue weighted by atomic mass is 32.1. The highest BCUT2D eigenvalue weighted by Crippen LogP contribution is 2.35. The van der Waals surface area contributed by atoms with Gasteiger partial charge in [-0.2, -0.15) is 0 Å². The van der Waals surface area contributed by atoms with Crippen LogP contribution in [0.15, 0.2) is 21.3 Å². The summed E-state index contributed by atoms with van der Waals surface area (Å²) in [4.78, 5) is 11.0. The first kappa shape index (κ1) is 10.8. The largest absolute Gasteiger partial charge is 0.496 e. The lowest BCUT2D eigenvalue weighted by Gasteiger charge is -2.14. The molecule has 5 heteroatoms. The van der Waals surface area contributed by atoms with E-state index in [9.17, 15) is 4.79 Å². The molecule has 1 N–H and O–H groups in total. The van der Waals surface area contributed by atoms with Crippen molar-refractivity contribution in [2.75, 3.05) is 13.7 Å². The van der Waals surface area contributed by atoms with E-state index in [2.05, 4.69) is 5.32 Å². The molecule has 1 saturated heterocycles. The molecule has 3 rings (SSSR count). The first-order valence-corrected chi connectivity index (χ1v) is 6.44. The van der Waals surface area contributed by atoms with Crippen LogP contribution in [0.1, 0.15) is 24.4 Å². The van der Waals surface area contributed by atoms with Crippen molar-refractivity contribution < 1.29 is 9.15 Å². The third-order valence-corrected chi connectivity index (χ3v) is 3.91. The van der Waals surface area contributed by atoms with Gasteiger partial charge in [0.1, 0.15) is 11.3 Å². The predicted octanol–water partition coefficient (Wildman–Crippen LogP) is 2.29. The van der Waals surface area contributed by atoms with E-state index in [4.69, 9.17) is 9.15 Å². The van der Waals surface area contributed by atoms with E-state index in [0.717, 1.165) is 40.3 Å². The molecule has 1 aliphatic heterocycles. The number of nitrogens with one attached hydrogen (secondary N) is 1. The van der Waals surface area contributed by atoms with Gasteiger partial charge < -0.3 is 14.5 Å². The third-order valence-electron chi connectivity index (χ3n) is 3.12. The van der Waals surface area contributed by atoms with Crippen LogP contribution in [0.25, 0.3) is 10.3 Å². The summed E-state index contributed by atoms with van der Waals surface area (Å²) in [7, 11) is 1.66. The zero-order chi connectivity index (χ0) is 11.8. The molecule has 1 unspecified atom stereocenters. The van der Waals surface area contributed by atoms with E-state index in [-0.39, 0.29) is 4.94 Å². The average molecular weight is 251 g/mol. The molecule has 0 radical (unpaired) electrons. The van der Waals surface area contributed by atoms with Crippen molar-refractivity contribution in [3.05, 3.63) is 27.4 Å². The van der Waals surface area contributed by atoms with E-state index >= 15 is 0 Å². The van der Waals surface area contributed by atoms with Crippen LogP contribution in [0.2, 0.25) is 0 Å². The molecule has 0 bridgehead atoms. The molecule has 4 nitrogen and oxygen atoms in total. The van der Waals surface area contributed by atoms with Gasteiger partial charge in [0.05, 0.1) is 11.8 Å². The number of hydrogen-bond acceptors (Lipinski definition) is 5. The summed E-state index contributed by atoms with van der Waals surface area (Å²) >= 11 is 1.11. The Labute approximate surface area is 102 Å². The summed E-state index contributed by atoms with van der Waals surface area (Å²) in [5.74, 6) is 0.828. The summed E-state index contributed by atoms with van der Waals surface area (Å²) in [6.07, 6.45) is 2.26. The van der Waals surface area contributed by atoms with Crippen molar-refractivity contribution >= 4 is 21.6 Å². The Morgan fingerprint density at radius 2 is 2.41 bits per heavy atom. The second-order valence-corrected chi connectivity index (χ2v) is 5.12. The van der Waals surface area contributed by atoms with E-state index in [1.807, 2.05) is 12.1 Å². The van der Waals surface area contributed by atoms with Crippen LogP contribution in [-0.2, 0) is 0 Å². The fourth-order valence-electron chi connectivity index (χ4n) is 2.32. The van der Waals surface area contributed by atoms with Gasteiger partial charge in [-0.1, -0.05) is 11.3 Å². The van der Waals surface area contributed by atoms with Crippen LogP contribution in [0.3, 0.4) is 0 Å². The maximum atomic E-state index is 11.2. The Balaban J connectivity index is 2.16. The Hall–Kier alpha value is -1.33. The maximum absolute atomic E-state index is 11.2. The molecule has 2 aromatic rings. The van der Waals surface area contributed by atoms with Gasteiger partial charge in [-0.15, -0.1) is 0 Å². The standard InChI is InChI=1S/C12H13NO3S/c1-15-9-6-11-10(16-12(14)17-11)5-7(9)8-3-2-4-13-8/h5-6,8,13H,2-4H2,1H3. The minimum Gasteiger partial charge on any atom is -0.496 e. The van der Waals surface area contributed by atoms with Crippen LogP contribution >= 0.6 is 11.3 Å². The molecule has 1 fully saturated rings. The summed E-state index contributed by atoms with van der Waals surface area (Å²) in [6.45, 7) is 1.03. The molecule has 0 amide bonds. The van der Waals surface area contributed by atoms with Crippen LogP contribution in [0.5, 0.6) is 5.75 Å². The first-order valence-electron chi connectivity index (χ1n) is 5.63. The molecular formula is C12H13NO3S. The minimum atomic E-state index is -0.265. The summed E-state index contributed by atoms with van der Waals surface area (Å²) in [6, 6.07) is 4.12. The topological polar surface area (TPSA) is 51.5 Å². The van der Waals surface area contributed by atoms with Gasteiger partial charge in [-0.25, -0.2) is 4.79 Å². The van der Waals surface area contributed by atoms with Crippen LogP contribution < -0.4 is 15.0 Å². The SMILES string of the molecule is COc1cc2sc(=O)oc2cc1C1CCCN1. The molecule has 90 valence electrons. The Kier molecular flexibility index (Phi) is 2.64. The van der Waals surface area contributed by atoms with Gasteiger partial charge >= 0.3 is 4.94 Å². The van der Waals surface area contributed by atoms with Gasteiger partial charge in [0.25, 0.3) is 0 Å². The lowest BCUT2D eigenvalue weighted by atomic mass is 10.0. The highest BCUT2D eigenvalue weighted by Gasteiger charge is 2.21. The summed E-state index contributed by atoms with van der Waals surface area (Å²) in [5, 5.41) is 3.42. The molecule has 0 saturated carbocycles. The monoisotopic (exact) mass is 251 g/mol. The van der Waals surface area contributed by atoms with Crippen molar-refractivity contribution in [3.63, 3.8) is 0 Å². The second kappa shape index (κ2) is 4.16. The van der Waals surface area contributed by atoms with Crippen molar-refractivity contribution in [1.82, 2.24) is 5.32 Å². The number of fused-ring (bicyclic) bond motifs is 1.